The van der Waals surface area contributed by atoms with Crippen molar-refractivity contribution in [3.63, 3.8) is 0 Å². The van der Waals surface area contributed by atoms with Crippen LogP contribution in [0, 0.1) is 5.39 Å². The smallest absolute Gasteiger partial charge is 0.110 e. The standard InChI is InChI=1S/CH2N7/c2-4-7-6-1-3-5-8(6)7/h1,5H/q+1. The van der Waals surface area contributed by atoms with Gasteiger partial charge < -0.3 is 0 Å². The summed E-state index contributed by atoms with van der Waals surface area (Å²) in [5.41, 5.74) is 0. The molecule has 0 aliphatic heterocycles. The molecule has 0 bridgehead atoms. The van der Waals surface area contributed by atoms with Crippen LogP contribution in [0.15, 0.2) is 6.33 Å². The van der Waals surface area contributed by atoms with E-state index in [-0.39, 0.29) is 0 Å². The second-order valence-corrected chi connectivity index (χ2v) is 1.31. The molecule has 0 unspecified atom stereocenters. The fraction of sp³-hybridized carbons (Fsp3) is 0. The van der Waals surface area contributed by atoms with Crippen LogP contribution in [0.4, 0.5) is 0 Å². The molecule has 7 nitrogen and oxygen atoms in total. The zero-order valence-corrected chi connectivity index (χ0v) is 3.76. The monoisotopic (exact) mass is 112 g/mol. The minimum absolute atomic E-state index is 1.19. The first kappa shape index (κ1) is 3.31. The first-order valence-electron chi connectivity index (χ1n) is 1.96. The summed E-state index contributed by atoms with van der Waals surface area (Å²) in [4.78, 5) is 1.19. The molecule has 2 aromatic rings. The number of nitrogens with one attached hydrogen (secondary N) is 1. The topological polar surface area (TPSA) is 70.6 Å². The van der Waals surface area contributed by atoms with Gasteiger partial charge in [0.05, 0.1) is 15.1 Å². The van der Waals surface area contributed by atoms with Gasteiger partial charge in [-0.2, -0.15) is 0 Å². The highest BCUT2D eigenvalue weighted by atomic mass is 16.0. The quantitative estimate of drug-likeness (QED) is 0.452. The summed E-state index contributed by atoms with van der Waals surface area (Å²) in [6.07, 6.45) is 1.47. The second-order valence-electron chi connectivity index (χ2n) is 1.31. The van der Waals surface area contributed by atoms with E-state index in [0.717, 1.165) is 0 Å². The van der Waals surface area contributed by atoms with Crippen molar-refractivity contribution < 1.29 is 0 Å². The van der Waals surface area contributed by atoms with E-state index >= 15 is 0 Å². The summed E-state index contributed by atoms with van der Waals surface area (Å²) in [7, 11) is 0. The van der Waals surface area contributed by atoms with Gasteiger partial charge in [0, 0.05) is 0 Å². The minimum Gasteiger partial charge on any atom is -0.110 e. The Kier molecular flexibility index (Phi) is 0.316. The molecule has 2 aromatic heterocycles. The van der Waals surface area contributed by atoms with Gasteiger partial charge in [-0.05, 0) is 0 Å². The van der Waals surface area contributed by atoms with E-state index in [9.17, 15) is 0 Å². The Labute approximate surface area is 42.6 Å². The van der Waals surface area contributed by atoms with E-state index in [1.807, 2.05) is 0 Å². The average molecular weight is 112 g/mol. The van der Waals surface area contributed by atoms with Crippen molar-refractivity contribution in [2.45, 2.75) is 0 Å². The molecule has 0 atom stereocenters. The van der Waals surface area contributed by atoms with Crippen molar-refractivity contribution in [1.82, 2.24) is 24.6 Å². The fourth-order valence-electron chi connectivity index (χ4n) is 0.519. The van der Waals surface area contributed by atoms with Gasteiger partial charge in [-0.15, -0.1) is 10.3 Å². The molecule has 0 aliphatic rings. The number of H-pyrrole nitrogens is 1. The Morgan fingerprint density at radius 3 is 3.00 bits per heavy atom. The fourth-order valence-corrected chi connectivity index (χ4v) is 0.519. The van der Waals surface area contributed by atoms with E-state index in [1.54, 1.807) is 0 Å². The van der Waals surface area contributed by atoms with Crippen LogP contribution in [0.1, 0.15) is 0 Å². The van der Waals surface area contributed by atoms with Gasteiger partial charge in [-0.25, -0.2) is 0 Å². The normalized spacial score (nSPS) is 10.4. The predicted octanol–water partition coefficient (Wildman–Crippen LogP) is -0.820. The Morgan fingerprint density at radius 2 is 2.62 bits per heavy atom. The zero-order chi connectivity index (χ0) is 5.56. The van der Waals surface area contributed by atoms with Crippen molar-refractivity contribution in [2.24, 2.45) is 0 Å². The van der Waals surface area contributed by atoms with Crippen LogP contribution in [0.5, 0.6) is 0 Å². The van der Waals surface area contributed by atoms with Crippen molar-refractivity contribution >= 4 is 0 Å². The molecule has 2 heterocycles. The van der Waals surface area contributed by atoms with Crippen molar-refractivity contribution in [1.29, 1.82) is 5.39 Å². The first-order valence-corrected chi connectivity index (χ1v) is 1.96. The highest BCUT2D eigenvalue weighted by Crippen LogP contribution is 1.89. The Morgan fingerprint density at radius 1 is 1.75 bits per heavy atom. The van der Waals surface area contributed by atoms with Gasteiger partial charge in [-0.3, -0.25) is 0 Å². The number of fused-ring (bicyclic) bond motifs is 1. The molecule has 8 heavy (non-hydrogen) atoms. The molecule has 7 heteroatoms. The zero-order valence-electron chi connectivity index (χ0n) is 3.76. The van der Waals surface area contributed by atoms with E-state index in [0.29, 0.717) is 0 Å². The molecule has 2 rings (SSSR count). The summed E-state index contributed by atoms with van der Waals surface area (Å²) >= 11 is 0. The highest BCUT2D eigenvalue weighted by Gasteiger charge is 2.23. The number of diazo groups is 1. The van der Waals surface area contributed by atoms with Crippen molar-refractivity contribution in [3.05, 3.63) is 11.4 Å². The predicted molar refractivity (Wildman–Crippen MR) is 21.5 cm³/mol. The average Bonchev–Trinajstić information content (AvgIpc) is 2.22. The van der Waals surface area contributed by atoms with Gasteiger partial charge in [-0.1, -0.05) is 0 Å². The third-order valence-electron chi connectivity index (χ3n) is 0.904. The molecule has 0 amide bonds. The van der Waals surface area contributed by atoms with Gasteiger partial charge >= 0.3 is 0 Å². The number of aromatic amines is 1. The van der Waals surface area contributed by atoms with E-state index in [1.165, 1.54) is 20.6 Å². The number of nitrogens with zero attached hydrogens (tertiary/aromatic N) is 6. The van der Waals surface area contributed by atoms with E-state index in [4.69, 9.17) is 5.39 Å². The maximum absolute atomic E-state index is 8.08. The molecular weight excluding hydrogens is 110 g/mol. The summed E-state index contributed by atoms with van der Waals surface area (Å²) in [5, 5.41) is 17.0. The molecule has 0 radical (unpaired) electrons. The van der Waals surface area contributed by atoms with Crippen LogP contribution in [0.3, 0.4) is 0 Å². The summed E-state index contributed by atoms with van der Waals surface area (Å²) in [6.45, 7) is 0. The van der Waals surface area contributed by atoms with Crippen LogP contribution >= 0.6 is 0 Å². The number of rotatable bonds is 0. The van der Waals surface area contributed by atoms with E-state index < -0.39 is 0 Å². The Balaban J connectivity index is 2.78. The van der Waals surface area contributed by atoms with E-state index in [2.05, 4.69) is 15.4 Å². The SMILES string of the molecule is N#[N+]n1n2cn[nH]n12. The molecule has 0 saturated heterocycles. The number of aromatic nitrogens is 5. The van der Waals surface area contributed by atoms with Crippen molar-refractivity contribution in [3.8, 4) is 0 Å². The lowest BCUT2D eigenvalue weighted by Crippen LogP contribution is -1.80. The van der Waals surface area contributed by atoms with Gasteiger partial charge in [0.25, 0.3) is 0 Å². The Bertz CT molecular complexity index is 295. The molecular formula is CH2N7+. The maximum Gasteiger partial charge on any atom is 0.243 e. The lowest BCUT2D eigenvalue weighted by molar-refractivity contribution is 0.765. The van der Waals surface area contributed by atoms with Crippen LogP contribution in [0.2, 0.25) is 0 Å². The molecule has 0 spiro atoms. The van der Waals surface area contributed by atoms with Gasteiger partial charge in [0.2, 0.25) is 11.2 Å². The number of hydrogen-bond acceptors (Lipinski definition) is 2. The third-order valence-corrected chi connectivity index (χ3v) is 0.904. The van der Waals surface area contributed by atoms with Crippen LogP contribution in [0.25, 0.3) is 5.08 Å². The third kappa shape index (κ3) is 0.175. The minimum atomic E-state index is 1.19. The summed E-state index contributed by atoms with van der Waals surface area (Å²) in [6, 6.07) is 0. The number of hydrogen-bond donors (Lipinski definition) is 1. The lowest BCUT2D eigenvalue weighted by Gasteiger charge is -1.51. The summed E-state index contributed by atoms with van der Waals surface area (Å²) < 4.78 is 2.88. The molecule has 40 valence electrons. The highest BCUT2D eigenvalue weighted by molar-refractivity contribution is 4.58. The number of tetrazole rings is 1. The summed E-state index contributed by atoms with van der Waals surface area (Å²) in [5.74, 6) is 0. The molecule has 0 aromatic carbocycles. The first-order chi connectivity index (χ1) is 3.93. The molecule has 1 N–H and O–H groups in total. The molecule has 0 fully saturated rings. The van der Waals surface area contributed by atoms with Crippen LogP contribution in [-0.2, 0) is 0 Å². The maximum atomic E-state index is 8.08. The lowest BCUT2D eigenvalue weighted by atomic mass is 11.4. The van der Waals surface area contributed by atoms with Crippen molar-refractivity contribution in [2.75, 3.05) is 0 Å². The van der Waals surface area contributed by atoms with Gasteiger partial charge in [0.15, 0.2) is 0 Å². The van der Waals surface area contributed by atoms with Crippen LogP contribution < -0.4 is 0 Å². The molecule has 0 saturated carbocycles. The van der Waals surface area contributed by atoms with Gasteiger partial charge in [0.1, 0.15) is 4.74 Å². The van der Waals surface area contributed by atoms with Crippen LogP contribution in [-0.4, -0.2) is 24.6 Å². The Hall–Kier alpha value is -1.71. The molecule has 0 aliphatic carbocycles. The second kappa shape index (κ2) is 0.764. The largest absolute Gasteiger partial charge is 0.243 e.